The maximum atomic E-state index is 13.2. The summed E-state index contributed by atoms with van der Waals surface area (Å²) in [5, 5.41) is 0. The van der Waals surface area contributed by atoms with Gasteiger partial charge in [0.2, 0.25) is 0 Å². The molecule has 0 saturated carbocycles. The van der Waals surface area contributed by atoms with E-state index < -0.39 is 19.7 Å². The van der Waals surface area contributed by atoms with Crippen molar-refractivity contribution < 1.29 is 17.9 Å². The molecule has 4 rings (SSSR count). The highest BCUT2D eigenvalue weighted by atomic mass is 35.6. The van der Waals surface area contributed by atoms with E-state index in [1.54, 1.807) is 29.2 Å². The van der Waals surface area contributed by atoms with E-state index in [1.165, 1.54) is 11.4 Å². The van der Waals surface area contributed by atoms with Crippen LogP contribution in [0.4, 0.5) is 11.4 Å². The second-order valence-electron chi connectivity index (χ2n) is 7.59. The number of hydrogen-bond donors (Lipinski definition) is 0. The predicted octanol–water partition coefficient (Wildman–Crippen LogP) is 3.47. The van der Waals surface area contributed by atoms with Crippen molar-refractivity contribution in [2.24, 2.45) is 0 Å². The fourth-order valence-corrected chi connectivity index (χ4v) is 5.89. The first-order valence-corrected chi connectivity index (χ1v) is 12.6. The van der Waals surface area contributed by atoms with E-state index >= 15 is 0 Å². The molecule has 32 heavy (non-hydrogen) atoms. The monoisotopic (exact) mass is 517 g/mol. The van der Waals surface area contributed by atoms with Crippen molar-refractivity contribution in [3.05, 3.63) is 48.0 Å². The summed E-state index contributed by atoms with van der Waals surface area (Å²) in [5.41, 5.74) is 2.64. The van der Waals surface area contributed by atoms with Gasteiger partial charge in [0, 0.05) is 38.4 Å². The molecule has 2 aromatic carbocycles. The number of nitrogens with zero attached hydrogens (tertiary/aromatic N) is 3. The summed E-state index contributed by atoms with van der Waals surface area (Å²) in [7, 11) is -2.12. The van der Waals surface area contributed by atoms with Gasteiger partial charge < -0.3 is 14.5 Å². The number of hydrogen-bond acceptors (Lipinski definition) is 5. The predicted molar refractivity (Wildman–Crippen MR) is 127 cm³/mol. The third kappa shape index (κ3) is 4.46. The lowest BCUT2D eigenvalue weighted by atomic mass is 10.1. The first-order chi connectivity index (χ1) is 15.1. The number of rotatable bonds is 4. The molecule has 0 unspecified atom stereocenters. The van der Waals surface area contributed by atoms with E-state index in [9.17, 15) is 13.2 Å². The van der Waals surface area contributed by atoms with E-state index in [1.807, 2.05) is 18.2 Å². The Bertz CT molecular complexity index is 1110. The Balaban J connectivity index is 1.49. The lowest BCUT2D eigenvalue weighted by Gasteiger charge is -2.37. The third-order valence-electron chi connectivity index (χ3n) is 5.74. The number of piperazine rings is 1. The van der Waals surface area contributed by atoms with Crippen LogP contribution in [0.2, 0.25) is 0 Å². The van der Waals surface area contributed by atoms with Crippen LogP contribution >= 0.6 is 34.8 Å². The SMILES string of the molecule is COc1ccc(S(=O)(=O)N2CCc3cc(N4CCN(C(=O)C(Cl)(Cl)Cl)CC4)ccc32)cc1. The van der Waals surface area contributed by atoms with Gasteiger partial charge in [0.15, 0.2) is 0 Å². The maximum absolute atomic E-state index is 13.2. The second kappa shape index (κ2) is 8.82. The van der Waals surface area contributed by atoms with Crippen molar-refractivity contribution in [1.29, 1.82) is 0 Å². The van der Waals surface area contributed by atoms with Crippen LogP contribution in [0.15, 0.2) is 47.4 Å². The average Bonchev–Trinajstić information content (AvgIpc) is 3.22. The van der Waals surface area contributed by atoms with Crippen LogP contribution < -0.4 is 13.9 Å². The third-order valence-corrected chi connectivity index (χ3v) is 8.05. The molecule has 0 aliphatic carbocycles. The highest BCUT2D eigenvalue weighted by Crippen LogP contribution is 2.36. The summed E-state index contributed by atoms with van der Waals surface area (Å²) in [6.45, 7) is 2.47. The number of sulfonamides is 1. The van der Waals surface area contributed by atoms with Crippen LogP contribution in [-0.4, -0.2) is 62.9 Å². The summed E-state index contributed by atoms with van der Waals surface area (Å²) in [6.07, 6.45) is 0.629. The molecule has 2 aliphatic rings. The van der Waals surface area contributed by atoms with Gasteiger partial charge in [0.1, 0.15) is 5.75 Å². The molecule has 11 heteroatoms. The summed E-state index contributed by atoms with van der Waals surface area (Å²) in [5.74, 6) is 0.0847. The van der Waals surface area contributed by atoms with Crippen LogP contribution in [-0.2, 0) is 21.2 Å². The number of methoxy groups -OCH3 is 1. The smallest absolute Gasteiger partial charge is 0.274 e. The lowest BCUT2D eigenvalue weighted by Crippen LogP contribution is -2.51. The number of amides is 1. The van der Waals surface area contributed by atoms with Crippen molar-refractivity contribution in [3.8, 4) is 5.75 Å². The standard InChI is InChI=1S/C21H22Cl3N3O4S/c1-31-17-3-5-18(6-4-17)32(29,30)27-9-8-15-14-16(2-7-19(15)27)25-10-12-26(13-11-25)20(28)21(22,23)24/h2-7,14H,8-13H2,1H3. The number of anilines is 2. The number of benzene rings is 2. The van der Waals surface area contributed by atoms with Gasteiger partial charge in [-0.15, -0.1) is 0 Å². The molecule has 1 fully saturated rings. The first-order valence-electron chi connectivity index (χ1n) is 10.0. The van der Waals surface area contributed by atoms with Crippen molar-refractivity contribution in [1.82, 2.24) is 4.90 Å². The minimum absolute atomic E-state index is 0.227. The number of ether oxygens (including phenoxy) is 1. The van der Waals surface area contributed by atoms with Crippen LogP contribution in [0.1, 0.15) is 5.56 Å². The first kappa shape index (κ1) is 23.3. The number of carbonyl (C=O) groups excluding carboxylic acids is 1. The molecule has 172 valence electrons. The van der Waals surface area contributed by atoms with Crippen molar-refractivity contribution in [2.75, 3.05) is 49.0 Å². The average molecular weight is 519 g/mol. The van der Waals surface area contributed by atoms with Crippen molar-refractivity contribution >= 4 is 62.1 Å². The molecular weight excluding hydrogens is 497 g/mol. The minimum atomic E-state index is -3.66. The van der Waals surface area contributed by atoms with E-state index in [2.05, 4.69) is 4.90 Å². The highest BCUT2D eigenvalue weighted by Gasteiger charge is 2.37. The van der Waals surface area contributed by atoms with Crippen molar-refractivity contribution in [2.45, 2.75) is 15.1 Å². The molecule has 0 atom stereocenters. The summed E-state index contributed by atoms with van der Waals surface area (Å²) < 4.78 is 31.0. The summed E-state index contributed by atoms with van der Waals surface area (Å²) in [6, 6.07) is 12.2. The Kier molecular flexibility index (Phi) is 6.42. The Hall–Kier alpha value is -1.87. The van der Waals surface area contributed by atoms with Gasteiger partial charge in [0.25, 0.3) is 19.7 Å². The molecular formula is C21H22Cl3N3O4S. The fraction of sp³-hybridized carbons (Fsp3) is 0.381. The van der Waals surface area contributed by atoms with Gasteiger partial charge in [-0.05, 0) is 54.4 Å². The van der Waals surface area contributed by atoms with Crippen LogP contribution in [0.25, 0.3) is 0 Å². The molecule has 1 amide bonds. The zero-order valence-electron chi connectivity index (χ0n) is 17.3. The topological polar surface area (TPSA) is 70.2 Å². The quantitative estimate of drug-likeness (QED) is 0.580. The van der Waals surface area contributed by atoms with Gasteiger partial charge >= 0.3 is 0 Å². The van der Waals surface area contributed by atoms with Gasteiger partial charge in [-0.2, -0.15) is 0 Å². The van der Waals surface area contributed by atoms with E-state index in [0.717, 1.165) is 11.3 Å². The van der Waals surface area contributed by atoms with Crippen LogP contribution in [0, 0.1) is 0 Å². The number of alkyl halides is 3. The van der Waals surface area contributed by atoms with Gasteiger partial charge in [-0.25, -0.2) is 8.42 Å². The largest absolute Gasteiger partial charge is 0.497 e. The summed E-state index contributed by atoms with van der Waals surface area (Å²) >= 11 is 17.1. The molecule has 0 radical (unpaired) electrons. The van der Waals surface area contributed by atoms with E-state index in [4.69, 9.17) is 39.5 Å². The molecule has 2 heterocycles. The Labute approximate surface area is 202 Å². The molecule has 0 bridgehead atoms. The fourth-order valence-electron chi connectivity index (χ4n) is 4.03. The molecule has 0 N–H and O–H groups in total. The minimum Gasteiger partial charge on any atom is -0.497 e. The molecule has 0 aromatic heterocycles. The molecule has 2 aliphatic heterocycles. The van der Waals surface area contributed by atoms with Gasteiger partial charge in [-0.1, -0.05) is 34.8 Å². The van der Waals surface area contributed by atoms with Crippen molar-refractivity contribution in [3.63, 3.8) is 0 Å². The number of carbonyl (C=O) groups is 1. The maximum Gasteiger partial charge on any atom is 0.274 e. The lowest BCUT2D eigenvalue weighted by molar-refractivity contribution is -0.130. The zero-order valence-corrected chi connectivity index (χ0v) is 20.4. The molecule has 7 nitrogen and oxygen atoms in total. The van der Waals surface area contributed by atoms with E-state index in [-0.39, 0.29) is 4.90 Å². The Morgan fingerprint density at radius 3 is 2.22 bits per heavy atom. The summed E-state index contributed by atoms with van der Waals surface area (Å²) in [4.78, 5) is 16.1. The normalized spacial score (nSPS) is 16.8. The van der Waals surface area contributed by atoms with Crippen LogP contribution in [0.5, 0.6) is 5.75 Å². The Morgan fingerprint density at radius 2 is 1.62 bits per heavy atom. The number of fused-ring (bicyclic) bond motifs is 1. The van der Waals surface area contributed by atoms with E-state index in [0.29, 0.717) is 50.6 Å². The molecule has 1 saturated heterocycles. The van der Waals surface area contributed by atoms with Gasteiger partial charge in [-0.3, -0.25) is 9.10 Å². The molecule has 0 spiro atoms. The Morgan fingerprint density at radius 1 is 0.969 bits per heavy atom. The molecule has 2 aromatic rings. The zero-order chi connectivity index (χ0) is 23.1. The second-order valence-corrected chi connectivity index (χ2v) is 11.7. The highest BCUT2D eigenvalue weighted by molar-refractivity contribution is 7.92. The van der Waals surface area contributed by atoms with Gasteiger partial charge in [0.05, 0.1) is 17.7 Å². The van der Waals surface area contributed by atoms with Crippen LogP contribution in [0.3, 0.4) is 0 Å². The number of halogens is 3.